The van der Waals surface area contributed by atoms with Crippen LogP contribution in [0.15, 0.2) is 47.6 Å². The Hall–Kier alpha value is -2.01. The number of nitrogens with one attached hydrogen (secondary N) is 1. The molecular weight excluding hydrogens is 275 g/mol. The lowest BCUT2D eigenvalue weighted by Gasteiger charge is -1.99. The zero-order chi connectivity index (χ0) is 13.9. The second kappa shape index (κ2) is 5.54. The summed E-state index contributed by atoms with van der Waals surface area (Å²) in [6.45, 7) is 0. The summed E-state index contributed by atoms with van der Waals surface area (Å²) in [4.78, 5) is 12.6. The Morgan fingerprint density at radius 1 is 1.30 bits per heavy atom. The van der Waals surface area contributed by atoms with E-state index in [1.54, 1.807) is 6.07 Å². The Balaban J connectivity index is 1.53. The molecule has 1 N–H and O–H groups in total. The van der Waals surface area contributed by atoms with Crippen molar-refractivity contribution in [2.24, 2.45) is 11.0 Å². The van der Waals surface area contributed by atoms with Crippen LogP contribution in [0, 0.1) is 11.0 Å². The lowest BCUT2D eigenvalue weighted by molar-refractivity contribution is -0.122. The third kappa shape index (κ3) is 2.93. The lowest BCUT2D eigenvalue weighted by atomic mass is 10.1. The van der Waals surface area contributed by atoms with Crippen LogP contribution < -0.4 is 5.43 Å². The van der Waals surface area contributed by atoms with E-state index in [2.05, 4.69) is 10.5 Å². The number of rotatable bonds is 4. The highest BCUT2D eigenvalue weighted by molar-refractivity contribution is 7.12. The van der Waals surface area contributed by atoms with Gasteiger partial charge in [0.05, 0.1) is 11.1 Å². The van der Waals surface area contributed by atoms with Gasteiger partial charge in [-0.15, -0.1) is 11.3 Å². The van der Waals surface area contributed by atoms with Crippen molar-refractivity contribution in [3.8, 4) is 0 Å². The van der Waals surface area contributed by atoms with Gasteiger partial charge in [-0.3, -0.25) is 4.79 Å². The third-order valence-corrected chi connectivity index (χ3v) is 4.12. The predicted octanol–water partition coefficient (Wildman–Crippen LogP) is 3.14. The van der Waals surface area contributed by atoms with E-state index in [-0.39, 0.29) is 17.0 Å². The fraction of sp³-hybridized carbons (Fsp3) is 0.200. The van der Waals surface area contributed by atoms with E-state index >= 15 is 0 Å². The van der Waals surface area contributed by atoms with Crippen molar-refractivity contribution in [3.05, 3.63) is 58.0 Å². The van der Waals surface area contributed by atoms with Crippen LogP contribution in [0.5, 0.6) is 0 Å². The Morgan fingerprint density at radius 3 is 2.80 bits per heavy atom. The molecule has 0 unspecified atom stereocenters. The van der Waals surface area contributed by atoms with Gasteiger partial charge in [-0.05, 0) is 30.0 Å². The van der Waals surface area contributed by atoms with Crippen molar-refractivity contribution in [2.45, 2.75) is 12.3 Å². The van der Waals surface area contributed by atoms with Crippen LogP contribution in [0.25, 0.3) is 0 Å². The zero-order valence-electron chi connectivity index (χ0n) is 10.6. The summed E-state index contributed by atoms with van der Waals surface area (Å²) >= 11 is 0.994. The van der Waals surface area contributed by atoms with Gasteiger partial charge in [0, 0.05) is 5.92 Å². The maximum atomic E-state index is 12.8. The first-order valence-electron chi connectivity index (χ1n) is 6.37. The molecule has 0 radical (unpaired) electrons. The van der Waals surface area contributed by atoms with Gasteiger partial charge in [0.15, 0.2) is 5.13 Å². The number of carbonyl (C=O) groups is 1. The lowest BCUT2D eigenvalue weighted by Crippen LogP contribution is -2.19. The van der Waals surface area contributed by atoms with Gasteiger partial charge in [-0.1, -0.05) is 30.3 Å². The average molecular weight is 288 g/mol. The number of benzene rings is 1. The third-order valence-electron chi connectivity index (χ3n) is 3.32. The van der Waals surface area contributed by atoms with E-state index in [1.165, 1.54) is 17.8 Å². The highest BCUT2D eigenvalue weighted by Gasteiger charge is 2.43. The minimum absolute atomic E-state index is 0.00498. The minimum atomic E-state index is -0.260. The molecule has 5 heteroatoms. The molecule has 1 aliphatic rings. The van der Waals surface area contributed by atoms with Crippen molar-refractivity contribution in [3.63, 3.8) is 0 Å². The summed E-state index contributed by atoms with van der Waals surface area (Å²) in [5.74, 6) is 0.215. The summed E-state index contributed by atoms with van der Waals surface area (Å²) in [5.41, 5.74) is 3.71. The number of hydrogen-bond donors (Lipinski definition) is 1. The molecule has 1 aromatic heterocycles. The molecule has 1 amide bonds. The molecule has 0 aliphatic heterocycles. The Kier molecular flexibility index (Phi) is 3.60. The smallest absolute Gasteiger partial charge is 0.243 e. The van der Waals surface area contributed by atoms with Crippen molar-refractivity contribution in [1.82, 2.24) is 5.43 Å². The number of hydrogen-bond acceptors (Lipinski definition) is 3. The maximum Gasteiger partial charge on any atom is 0.243 e. The van der Waals surface area contributed by atoms with Gasteiger partial charge in [-0.2, -0.15) is 9.49 Å². The van der Waals surface area contributed by atoms with E-state index in [4.69, 9.17) is 0 Å². The van der Waals surface area contributed by atoms with E-state index in [1.807, 2.05) is 30.3 Å². The molecule has 0 saturated heterocycles. The van der Waals surface area contributed by atoms with Crippen molar-refractivity contribution in [2.75, 3.05) is 0 Å². The molecule has 0 bridgehead atoms. The number of hydrazone groups is 1. The van der Waals surface area contributed by atoms with Crippen LogP contribution in [0.3, 0.4) is 0 Å². The predicted molar refractivity (Wildman–Crippen MR) is 77.3 cm³/mol. The normalized spacial score (nSPS) is 21.1. The molecule has 1 heterocycles. The molecule has 2 atom stereocenters. The number of thiophene rings is 1. The first-order valence-corrected chi connectivity index (χ1v) is 7.19. The number of nitrogens with zero attached hydrogens (tertiary/aromatic N) is 1. The van der Waals surface area contributed by atoms with Crippen LogP contribution >= 0.6 is 11.3 Å². The molecule has 20 heavy (non-hydrogen) atoms. The number of halogens is 1. The van der Waals surface area contributed by atoms with Gasteiger partial charge in [0.25, 0.3) is 0 Å². The van der Waals surface area contributed by atoms with Gasteiger partial charge < -0.3 is 0 Å². The highest BCUT2D eigenvalue weighted by Crippen LogP contribution is 2.47. The van der Waals surface area contributed by atoms with E-state index in [0.717, 1.165) is 17.8 Å². The molecule has 1 fully saturated rings. The van der Waals surface area contributed by atoms with Crippen LogP contribution in [0.2, 0.25) is 0 Å². The topological polar surface area (TPSA) is 41.5 Å². The first kappa shape index (κ1) is 13.0. The van der Waals surface area contributed by atoms with Crippen LogP contribution in [-0.2, 0) is 4.79 Å². The van der Waals surface area contributed by atoms with Crippen LogP contribution in [0.1, 0.15) is 22.8 Å². The SMILES string of the molecule is O=C(N/N=C\c1ccc(F)s1)[C@H]1C[C@H]1c1ccccc1. The first-order chi connectivity index (χ1) is 9.74. The highest BCUT2D eigenvalue weighted by atomic mass is 32.1. The van der Waals surface area contributed by atoms with Crippen LogP contribution in [-0.4, -0.2) is 12.1 Å². The molecule has 0 spiro atoms. The van der Waals surface area contributed by atoms with E-state index in [9.17, 15) is 9.18 Å². The average Bonchev–Trinajstić information content (AvgIpc) is 3.17. The standard InChI is InChI=1S/C15H13FN2OS/c16-14-7-6-11(20-14)9-17-18-15(19)13-8-12(13)10-4-2-1-3-5-10/h1-7,9,12-13H,8H2,(H,18,19)/b17-9-/t12-,13-/m0/s1. The molecular formula is C15H13FN2OS. The fourth-order valence-corrected chi connectivity index (χ4v) is 2.80. The summed E-state index contributed by atoms with van der Waals surface area (Å²) < 4.78 is 12.8. The van der Waals surface area contributed by atoms with Gasteiger partial charge >= 0.3 is 0 Å². The molecule has 102 valence electrons. The van der Waals surface area contributed by atoms with Crippen molar-refractivity contribution in [1.29, 1.82) is 0 Å². The monoisotopic (exact) mass is 288 g/mol. The quantitative estimate of drug-likeness (QED) is 0.681. The maximum absolute atomic E-state index is 12.8. The summed E-state index contributed by atoms with van der Waals surface area (Å²) in [6, 6.07) is 13.0. The number of amides is 1. The van der Waals surface area contributed by atoms with Crippen molar-refractivity contribution >= 4 is 23.5 Å². The molecule has 3 rings (SSSR count). The summed E-state index contributed by atoms with van der Waals surface area (Å²) in [6.07, 6.45) is 2.32. The zero-order valence-corrected chi connectivity index (χ0v) is 11.4. The molecule has 1 saturated carbocycles. The Bertz CT molecular complexity index is 638. The second-order valence-corrected chi connectivity index (χ2v) is 5.80. The summed E-state index contributed by atoms with van der Waals surface area (Å²) in [5, 5.41) is 3.60. The summed E-state index contributed by atoms with van der Waals surface area (Å²) in [7, 11) is 0. The second-order valence-electron chi connectivity index (χ2n) is 4.74. The molecule has 1 aromatic carbocycles. The van der Waals surface area contributed by atoms with E-state index < -0.39 is 0 Å². The minimum Gasteiger partial charge on any atom is -0.273 e. The largest absolute Gasteiger partial charge is 0.273 e. The fourth-order valence-electron chi connectivity index (χ4n) is 2.19. The van der Waals surface area contributed by atoms with Gasteiger partial charge in [-0.25, -0.2) is 5.43 Å². The van der Waals surface area contributed by atoms with Crippen LogP contribution in [0.4, 0.5) is 4.39 Å². The Morgan fingerprint density at radius 2 is 2.10 bits per heavy atom. The van der Waals surface area contributed by atoms with Gasteiger partial charge in [0.2, 0.25) is 5.91 Å². The van der Waals surface area contributed by atoms with Crippen molar-refractivity contribution < 1.29 is 9.18 Å². The Labute approximate surface area is 120 Å². The number of carbonyl (C=O) groups excluding carboxylic acids is 1. The van der Waals surface area contributed by atoms with Gasteiger partial charge in [0.1, 0.15) is 0 Å². The molecule has 3 nitrogen and oxygen atoms in total. The van der Waals surface area contributed by atoms with E-state index in [0.29, 0.717) is 10.8 Å². The molecule has 1 aliphatic carbocycles. The molecule has 2 aromatic rings.